The minimum Gasteiger partial charge on any atom is -0.493 e. The van der Waals surface area contributed by atoms with Gasteiger partial charge in [0.25, 0.3) is 0 Å². The van der Waals surface area contributed by atoms with Gasteiger partial charge in [0.1, 0.15) is 0 Å². The second-order valence-corrected chi connectivity index (χ2v) is 5.54. The minimum atomic E-state index is 0.188. The van der Waals surface area contributed by atoms with Gasteiger partial charge in [-0.2, -0.15) is 0 Å². The van der Waals surface area contributed by atoms with Crippen LogP contribution in [0.15, 0.2) is 23.5 Å². The molecule has 18 heavy (non-hydrogen) atoms. The van der Waals surface area contributed by atoms with Crippen molar-refractivity contribution in [2.24, 2.45) is 12.0 Å². The van der Waals surface area contributed by atoms with Crippen LogP contribution in [0.5, 0.6) is 5.88 Å². The lowest BCUT2D eigenvalue weighted by Gasteiger charge is -1.98. The summed E-state index contributed by atoms with van der Waals surface area (Å²) in [6, 6.07) is 1.91. The Kier molecular flexibility index (Phi) is 2.61. The van der Waals surface area contributed by atoms with Crippen LogP contribution in [0.2, 0.25) is 0 Å². The van der Waals surface area contributed by atoms with Crippen LogP contribution in [0.1, 0.15) is 10.4 Å². The SMILES string of the molecule is Cn1c(O)c(/C=C2\C=Nc3cnccc32)sc1=S. The molecule has 4 nitrogen and oxygen atoms in total. The number of hydrogen-bond donors (Lipinski definition) is 1. The average molecular weight is 275 g/mol. The summed E-state index contributed by atoms with van der Waals surface area (Å²) in [7, 11) is 1.75. The fourth-order valence-electron chi connectivity index (χ4n) is 1.75. The van der Waals surface area contributed by atoms with E-state index in [1.165, 1.54) is 11.3 Å². The highest BCUT2D eigenvalue weighted by molar-refractivity contribution is 7.73. The van der Waals surface area contributed by atoms with Gasteiger partial charge in [-0.3, -0.25) is 14.5 Å². The first kappa shape index (κ1) is 11.3. The van der Waals surface area contributed by atoms with E-state index in [-0.39, 0.29) is 5.88 Å². The lowest BCUT2D eigenvalue weighted by atomic mass is 10.1. The molecule has 0 amide bonds. The first-order valence-electron chi connectivity index (χ1n) is 5.26. The van der Waals surface area contributed by atoms with Gasteiger partial charge < -0.3 is 5.11 Å². The molecule has 0 aromatic carbocycles. The third-order valence-corrected chi connectivity index (χ3v) is 4.24. The average Bonchev–Trinajstić information content (AvgIpc) is 2.89. The Hall–Kier alpha value is -1.79. The predicted octanol–water partition coefficient (Wildman–Crippen LogP) is 3.17. The number of pyridine rings is 1. The van der Waals surface area contributed by atoms with Crippen molar-refractivity contribution in [2.75, 3.05) is 0 Å². The smallest absolute Gasteiger partial charge is 0.210 e. The molecule has 6 heteroatoms. The van der Waals surface area contributed by atoms with Crippen LogP contribution in [0, 0.1) is 3.95 Å². The lowest BCUT2D eigenvalue weighted by Crippen LogP contribution is -1.85. The van der Waals surface area contributed by atoms with Gasteiger partial charge in [0, 0.05) is 30.6 Å². The fraction of sp³-hybridized carbons (Fsp3) is 0.0833. The highest BCUT2D eigenvalue weighted by atomic mass is 32.1. The summed E-state index contributed by atoms with van der Waals surface area (Å²) in [5.74, 6) is 0.188. The van der Waals surface area contributed by atoms with Crippen molar-refractivity contribution in [3.8, 4) is 5.88 Å². The molecule has 3 heterocycles. The second kappa shape index (κ2) is 4.15. The van der Waals surface area contributed by atoms with E-state index in [1.54, 1.807) is 30.2 Å². The van der Waals surface area contributed by atoms with Gasteiger partial charge in [0.2, 0.25) is 5.88 Å². The highest BCUT2D eigenvalue weighted by Gasteiger charge is 2.14. The van der Waals surface area contributed by atoms with Crippen molar-refractivity contribution in [1.29, 1.82) is 0 Å². The van der Waals surface area contributed by atoms with E-state index in [0.717, 1.165) is 21.7 Å². The number of aromatic nitrogens is 2. The van der Waals surface area contributed by atoms with Gasteiger partial charge >= 0.3 is 0 Å². The number of allylic oxidation sites excluding steroid dienone is 1. The summed E-state index contributed by atoms with van der Waals surface area (Å²) in [5, 5.41) is 9.93. The molecule has 1 aliphatic rings. The van der Waals surface area contributed by atoms with Crippen molar-refractivity contribution in [3.63, 3.8) is 0 Å². The molecule has 0 saturated heterocycles. The van der Waals surface area contributed by atoms with Crippen molar-refractivity contribution in [3.05, 3.63) is 32.9 Å². The fourth-order valence-corrected chi connectivity index (χ4v) is 2.93. The maximum atomic E-state index is 9.93. The van der Waals surface area contributed by atoms with E-state index >= 15 is 0 Å². The largest absolute Gasteiger partial charge is 0.493 e. The Morgan fingerprint density at radius 2 is 2.33 bits per heavy atom. The van der Waals surface area contributed by atoms with Crippen LogP contribution in [0.25, 0.3) is 11.6 Å². The summed E-state index contributed by atoms with van der Waals surface area (Å²) in [5.41, 5.74) is 2.83. The zero-order valence-electron chi connectivity index (χ0n) is 9.49. The van der Waals surface area contributed by atoms with Gasteiger partial charge in [0.05, 0.1) is 16.8 Å². The Morgan fingerprint density at radius 1 is 1.50 bits per heavy atom. The third kappa shape index (κ3) is 1.70. The van der Waals surface area contributed by atoms with E-state index in [4.69, 9.17) is 12.2 Å². The molecule has 0 aliphatic carbocycles. The standard InChI is InChI=1S/C12H9N3OS2/c1-15-11(16)10(18-12(15)17)4-7-5-14-9-6-13-3-2-8(7)9/h2-6,16H,1H3/b7-4+. The molecule has 0 spiro atoms. The molecule has 0 fully saturated rings. The van der Waals surface area contributed by atoms with E-state index in [0.29, 0.717) is 3.95 Å². The van der Waals surface area contributed by atoms with Gasteiger partial charge in [-0.25, -0.2) is 0 Å². The van der Waals surface area contributed by atoms with E-state index in [9.17, 15) is 5.11 Å². The molecule has 2 aromatic heterocycles. The zero-order valence-corrected chi connectivity index (χ0v) is 11.1. The number of nitrogens with zero attached hydrogens (tertiary/aromatic N) is 3. The van der Waals surface area contributed by atoms with Crippen molar-refractivity contribution < 1.29 is 5.11 Å². The molecule has 1 N–H and O–H groups in total. The maximum absolute atomic E-state index is 9.93. The zero-order chi connectivity index (χ0) is 12.7. The summed E-state index contributed by atoms with van der Waals surface area (Å²) < 4.78 is 2.23. The maximum Gasteiger partial charge on any atom is 0.210 e. The van der Waals surface area contributed by atoms with Gasteiger partial charge in [-0.1, -0.05) is 0 Å². The van der Waals surface area contributed by atoms with Crippen LogP contribution < -0.4 is 0 Å². The number of hydrogen-bond acceptors (Lipinski definition) is 5. The summed E-state index contributed by atoms with van der Waals surface area (Å²) >= 11 is 6.51. The molecule has 0 atom stereocenters. The first-order chi connectivity index (χ1) is 8.66. The molecule has 0 bridgehead atoms. The third-order valence-electron chi connectivity index (χ3n) is 2.75. The van der Waals surface area contributed by atoms with Gasteiger partial charge in [-0.15, -0.1) is 11.3 Å². The first-order valence-corrected chi connectivity index (χ1v) is 6.48. The number of thiazole rings is 1. The molecule has 0 radical (unpaired) electrons. The van der Waals surface area contributed by atoms with E-state index in [1.807, 2.05) is 12.1 Å². The van der Waals surface area contributed by atoms with Crippen LogP contribution in [0.3, 0.4) is 0 Å². The molecule has 90 valence electrons. The van der Waals surface area contributed by atoms with Crippen molar-refractivity contribution >= 4 is 47.1 Å². The number of fused-ring (bicyclic) bond motifs is 1. The number of rotatable bonds is 1. The Balaban J connectivity index is 2.12. The van der Waals surface area contributed by atoms with Gasteiger partial charge in [0.15, 0.2) is 3.95 Å². The van der Waals surface area contributed by atoms with Crippen LogP contribution in [-0.4, -0.2) is 20.9 Å². The van der Waals surface area contributed by atoms with E-state index < -0.39 is 0 Å². The monoisotopic (exact) mass is 275 g/mol. The number of aromatic hydroxyl groups is 1. The topological polar surface area (TPSA) is 50.4 Å². The predicted molar refractivity (Wildman–Crippen MR) is 76.0 cm³/mol. The molecular weight excluding hydrogens is 266 g/mol. The molecule has 3 rings (SSSR count). The Bertz CT molecular complexity index is 740. The van der Waals surface area contributed by atoms with E-state index in [2.05, 4.69) is 9.98 Å². The summed E-state index contributed by atoms with van der Waals surface area (Å²) in [4.78, 5) is 9.04. The quantitative estimate of drug-likeness (QED) is 0.813. The molecule has 1 aliphatic heterocycles. The Morgan fingerprint density at radius 3 is 3.06 bits per heavy atom. The minimum absolute atomic E-state index is 0.188. The van der Waals surface area contributed by atoms with Gasteiger partial charge in [-0.05, 0) is 24.4 Å². The normalized spacial score (nSPS) is 15.3. The molecule has 0 saturated carbocycles. The highest BCUT2D eigenvalue weighted by Crippen LogP contribution is 2.34. The van der Waals surface area contributed by atoms with Crippen LogP contribution >= 0.6 is 23.6 Å². The van der Waals surface area contributed by atoms with Crippen molar-refractivity contribution in [1.82, 2.24) is 9.55 Å². The second-order valence-electron chi connectivity index (χ2n) is 3.87. The Labute approximate surface area is 113 Å². The van der Waals surface area contributed by atoms with Crippen molar-refractivity contribution in [2.45, 2.75) is 0 Å². The summed E-state index contributed by atoms with van der Waals surface area (Å²) in [6.45, 7) is 0. The lowest BCUT2D eigenvalue weighted by molar-refractivity contribution is 0.430. The van der Waals surface area contributed by atoms with Crippen LogP contribution in [0.4, 0.5) is 5.69 Å². The number of aliphatic imine (C=N–C) groups is 1. The van der Waals surface area contributed by atoms with Crippen LogP contribution in [-0.2, 0) is 7.05 Å². The molecular formula is C12H9N3OS2. The summed E-state index contributed by atoms with van der Waals surface area (Å²) in [6.07, 6.45) is 7.12. The molecule has 0 unspecified atom stereocenters. The molecule has 2 aromatic rings.